The molecule has 1 aliphatic rings. The quantitative estimate of drug-likeness (QED) is 0.319. The lowest BCUT2D eigenvalue weighted by molar-refractivity contribution is -0.0679. The highest BCUT2D eigenvalue weighted by molar-refractivity contribution is 5.79. The lowest BCUT2D eigenvalue weighted by Crippen LogP contribution is -2.45. The summed E-state index contributed by atoms with van der Waals surface area (Å²) >= 11 is 0. The van der Waals surface area contributed by atoms with E-state index >= 15 is 0 Å². The molecule has 0 aromatic carbocycles. The zero-order valence-electron chi connectivity index (χ0n) is 13.2. The summed E-state index contributed by atoms with van der Waals surface area (Å²) in [6.07, 6.45) is 3.59. The number of aliphatic imine (C=N–C) groups is 1. The molecule has 20 heavy (non-hydrogen) atoms. The Labute approximate surface area is 123 Å². The molecule has 5 heteroatoms. The number of ether oxygens (including phenoxy) is 1. The molecule has 116 valence electrons. The average molecular weight is 282 g/mol. The topological polar surface area (TPSA) is 48.9 Å². The Hall–Kier alpha value is -1.07. The Balaban J connectivity index is 2.25. The van der Waals surface area contributed by atoms with E-state index in [0.717, 1.165) is 51.6 Å². The van der Waals surface area contributed by atoms with Crippen molar-refractivity contribution in [1.29, 1.82) is 0 Å². The van der Waals surface area contributed by atoms with Gasteiger partial charge in [0.2, 0.25) is 0 Å². The van der Waals surface area contributed by atoms with E-state index in [9.17, 15) is 0 Å². The predicted molar refractivity (Wildman–Crippen MR) is 85.2 cm³/mol. The van der Waals surface area contributed by atoms with Crippen LogP contribution in [-0.4, -0.2) is 62.3 Å². The number of nitrogens with one attached hydrogen (secondary N) is 2. The molecule has 0 amide bonds. The monoisotopic (exact) mass is 282 g/mol. The summed E-state index contributed by atoms with van der Waals surface area (Å²) in [6.45, 7) is 15.7. The summed E-state index contributed by atoms with van der Waals surface area (Å²) in [4.78, 5) is 7.03. The molecule has 2 atom stereocenters. The Morgan fingerprint density at radius 2 is 2.05 bits per heavy atom. The highest BCUT2D eigenvalue weighted by Crippen LogP contribution is 2.10. The molecular formula is C15H30N4O. The first-order chi connectivity index (χ1) is 9.65. The van der Waals surface area contributed by atoms with E-state index in [1.165, 1.54) is 0 Å². The molecule has 1 rings (SSSR count). The molecule has 1 heterocycles. The van der Waals surface area contributed by atoms with Crippen LogP contribution in [0, 0.1) is 0 Å². The minimum Gasteiger partial charge on any atom is -0.373 e. The van der Waals surface area contributed by atoms with Crippen molar-refractivity contribution in [2.75, 3.05) is 39.3 Å². The van der Waals surface area contributed by atoms with E-state index in [1.54, 1.807) is 0 Å². The number of guanidine groups is 1. The van der Waals surface area contributed by atoms with E-state index in [0.29, 0.717) is 12.2 Å². The van der Waals surface area contributed by atoms with Gasteiger partial charge >= 0.3 is 0 Å². The van der Waals surface area contributed by atoms with Crippen molar-refractivity contribution >= 4 is 5.96 Å². The van der Waals surface area contributed by atoms with E-state index in [-0.39, 0.29) is 0 Å². The highest BCUT2D eigenvalue weighted by atomic mass is 16.5. The number of hydrogen-bond donors (Lipinski definition) is 2. The number of rotatable bonds is 7. The zero-order chi connectivity index (χ0) is 14.8. The van der Waals surface area contributed by atoms with Crippen molar-refractivity contribution in [2.45, 2.75) is 39.4 Å². The summed E-state index contributed by atoms with van der Waals surface area (Å²) in [5.41, 5.74) is 0. The van der Waals surface area contributed by atoms with Crippen LogP contribution in [0.5, 0.6) is 0 Å². The molecule has 5 nitrogen and oxygen atoms in total. The van der Waals surface area contributed by atoms with Gasteiger partial charge in [-0.15, -0.1) is 6.58 Å². The van der Waals surface area contributed by atoms with Crippen molar-refractivity contribution < 1.29 is 4.74 Å². The van der Waals surface area contributed by atoms with Gasteiger partial charge in [0.25, 0.3) is 0 Å². The smallest absolute Gasteiger partial charge is 0.191 e. The van der Waals surface area contributed by atoms with Crippen LogP contribution >= 0.6 is 0 Å². The minimum atomic E-state index is 0.342. The van der Waals surface area contributed by atoms with Gasteiger partial charge in [-0.05, 0) is 27.2 Å². The number of hydrogen-bond acceptors (Lipinski definition) is 3. The predicted octanol–water partition coefficient (Wildman–Crippen LogP) is 1.23. The molecule has 0 bridgehead atoms. The second-order valence-electron chi connectivity index (χ2n) is 5.30. The minimum absolute atomic E-state index is 0.342. The van der Waals surface area contributed by atoms with Crippen LogP contribution in [0.2, 0.25) is 0 Å². The molecule has 0 saturated carbocycles. The molecule has 2 N–H and O–H groups in total. The lowest BCUT2D eigenvalue weighted by Gasteiger charge is -2.35. The molecule has 0 aromatic rings. The fourth-order valence-corrected chi connectivity index (χ4v) is 2.46. The van der Waals surface area contributed by atoms with Crippen LogP contribution in [0.3, 0.4) is 0 Å². The Kier molecular flexibility index (Phi) is 8.30. The molecule has 1 saturated heterocycles. The molecule has 0 spiro atoms. The van der Waals surface area contributed by atoms with Crippen molar-refractivity contribution in [1.82, 2.24) is 15.5 Å². The maximum absolute atomic E-state index is 5.74. The Morgan fingerprint density at radius 3 is 2.65 bits per heavy atom. The van der Waals surface area contributed by atoms with E-state index in [1.807, 2.05) is 6.08 Å². The molecule has 0 aliphatic carbocycles. The molecule has 1 fully saturated rings. The first-order valence-corrected chi connectivity index (χ1v) is 7.66. The lowest BCUT2D eigenvalue weighted by atomic mass is 10.2. The number of nitrogens with zero attached hydrogens (tertiary/aromatic N) is 2. The standard InChI is InChI=1S/C15H30N4O/c1-5-8-17-15(16-6-2)18-9-7-10-19-11-13(3)20-14(4)12-19/h5,13-14H,1,6-12H2,2-4H3,(H2,16,17,18). The highest BCUT2D eigenvalue weighted by Gasteiger charge is 2.21. The Bertz CT molecular complexity index is 296. The second-order valence-corrected chi connectivity index (χ2v) is 5.30. The van der Waals surface area contributed by atoms with E-state index in [2.05, 4.69) is 47.9 Å². The third-order valence-corrected chi connectivity index (χ3v) is 3.16. The van der Waals surface area contributed by atoms with Crippen LogP contribution in [0.15, 0.2) is 17.6 Å². The molecule has 0 radical (unpaired) electrons. The van der Waals surface area contributed by atoms with Crippen molar-refractivity contribution in [3.63, 3.8) is 0 Å². The SMILES string of the molecule is C=CCNC(=NCCCN1CC(C)OC(C)C1)NCC. The summed E-state index contributed by atoms with van der Waals surface area (Å²) in [6, 6.07) is 0. The van der Waals surface area contributed by atoms with Gasteiger partial charge in [0.05, 0.1) is 12.2 Å². The van der Waals surface area contributed by atoms with Gasteiger partial charge in [-0.3, -0.25) is 9.89 Å². The third-order valence-electron chi connectivity index (χ3n) is 3.16. The van der Waals surface area contributed by atoms with E-state index in [4.69, 9.17) is 4.74 Å². The maximum atomic E-state index is 5.74. The zero-order valence-corrected chi connectivity index (χ0v) is 13.2. The van der Waals surface area contributed by atoms with Gasteiger partial charge in [0.15, 0.2) is 5.96 Å². The van der Waals surface area contributed by atoms with E-state index < -0.39 is 0 Å². The summed E-state index contributed by atoms with van der Waals surface area (Å²) in [5.74, 6) is 0.871. The fraction of sp³-hybridized carbons (Fsp3) is 0.800. The van der Waals surface area contributed by atoms with Crippen LogP contribution < -0.4 is 10.6 Å². The number of morpholine rings is 1. The van der Waals surface area contributed by atoms with Gasteiger partial charge in [-0.1, -0.05) is 6.08 Å². The molecular weight excluding hydrogens is 252 g/mol. The van der Waals surface area contributed by atoms with Crippen molar-refractivity contribution in [3.8, 4) is 0 Å². The fourth-order valence-electron chi connectivity index (χ4n) is 2.46. The molecule has 2 unspecified atom stereocenters. The molecule has 0 aromatic heterocycles. The van der Waals surface area contributed by atoms with Gasteiger partial charge in [-0.25, -0.2) is 0 Å². The second kappa shape index (κ2) is 9.77. The molecule has 1 aliphatic heterocycles. The van der Waals surface area contributed by atoms with Gasteiger partial charge < -0.3 is 15.4 Å². The van der Waals surface area contributed by atoms with Crippen LogP contribution in [0.4, 0.5) is 0 Å². The van der Waals surface area contributed by atoms with Gasteiger partial charge in [-0.2, -0.15) is 0 Å². The Morgan fingerprint density at radius 1 is 1.35 bits per heavy atom. The summed E-state index contributed by atoms with van der Waals surface area (Å²) in [7, 11) is 0. The van der Waals surface area contributed by atoms with Crippen LogP contribution in [0.1, 0.15) is 27.2 Å². The van der Waals surface area contributed by atoms with Crippen LogP contribution in [0.25, 0.3) is 0 Å². The van der Waals surface area contributed by atoms with Crippen LogP contribution in [-0.2, 0) is 4.74 Å². The van der Waals surface area contributed by atoms with Crippen molar-refractivity contribution in [2.24, 2.45) is 4.99 Å². The maximum Gasteiger partial charge on any atom is 0.191 e. The first kappa shape index (κ1) is 17.0. The van der Waals surface area contributed by atoms with Gasteiger partial charge in [0, 0.05) is 39.3 Å². The summed E-state index contributed by atoms with van der Waals surface area (Å²) in [5, 5.41) is 6.44. The first-order valence-electron chi connectivity index (χ1n) is 7.66. The summed E-state index contributed by atoms with van der Waals surface area (Å²) < 4.78 is 5.74. The largest absolute Gasteiger partial charge is 0.373 e. The average Bonchev–Trinajstić information content (AvgIpc) is 2.39. The normalized spacial score (nSPS) is 24.4. The van der Waals surface area contributed by atoms with Crippen molar-refractivity contribution in [3.05, 3.63) is 12.7 Å². The third kappa shape index (κ3) is 6.91. The van der Waals surface area contributed by atoms with Gasteiger partial charge in [0.1, 0.15) is 0 Å².